The minimum Gasteiger partial charge on any atom is -0.448 e. The van der Waals surface area contributed by atoms with Crippen LogP contribution in [0.5, 0.6) is 0 Å². The molecule has 1 rings (SSSR count). The van der Waals surface area contributed by atoms with E-state index in [1.165, 1.54) is 0 Å². The molecule has 2 amide bonds. The number of halogens is 3. The number of hydrogen-bond acceptors (Lipinski definition) is 2. The molecule has 0 N–H and O–H groups in total. The normalized spacial score (nSPS) is 19.8. The van der Waals surface area contributed by atoms with Gasteiger partial charge in [0.1, 0.15) is 0 Å². The van der Waals surface area contributed by atoms with E-state index in [-0.39, 0.29) is 12.8 Å². The van der Waals surface area contributed by atoms with E-state index in [1.807, 2.05) is 0 Å². The second-order valence-electron chi connectivity index (χ2n) is 3.32. The Morgan fingerprint density at radius 1 is 1.07 bits per heavy atom. The van der Waals surface area contributed by atoms with Crippen molar-refractivity contribution < 1.29 is 22.5 Å². The van der Waals surface area contributed by atoms with E-state index in [0.29, 0.717) is 17.7 Å². The van der Waals surface area contributed by atoms with Crippen molar-refractivity contribution in [3.05, 3.63) is 0 Å². The molecule has 0 aromatic rings. The van der Waals surface area contributed by atoms with Crippen molar-refractivity contribution in [3.8, 4) is 0 Å². The lowest BCUT2D eigenvalue weighted by Gasteiger charge is -2.24. The highest BCUT2D eigenvalue weighted by molar-refractivity contribution is 6.59. The Labute approximate surface area is 79.3 Å². The molecule has 80 valence electrons. The van der Waals surface area contributed by atoms with Crippen molar-refractivity contribution >= 4 is 18.8 Å². The van der Waals surface area contributed by atoms with Gasteiger partial charge >= 0.3 is 6.98 Å². The summed E-state index contributed by atoms with van der Waals surface area (Å²) in [5, 5.41) is 0. The standard InChI is InChI=1S/C7H10BF3NO2/c9-8(10,11)5-12-6(13)3-1-2-4-7(12)14/h1-5H2/q-1. The molecule has 1 heterocycles. The van der Waals surface area contributed by atoms with Crippen molar-refractivity contribution in [1.82, 2.24) is 4.90 Å². The Morgan fingerprint density at radius 2 is 1.50 bits per heavy atom. The zero-order valence-electron chi connectivity index (χ0n) is 7.51. The molecule has 1 aliphatic rings. The van der Waals surface area contributed by atoms with Gasteiger partial charge in [0.25, 0.3) is 0 Å². The van der Waals surface area contributed by atoms with Gasteiger partial charge < -0.3 is 17.8 Å². The number of nitrogens with zero attached hydrogens (tertiary/aromatic N) is 1. The van der Waals surface area contributed by atoms with Gasteiger partial charge in [-0.25, -0.2) is 0 Å². The van der Waals surface area contributed by atoms with Crippen molar-refractivity contribution in [1.29, 1.82) is 0 Å². The number of rotatable bonds is 2. The van der Waals surface area contributed by atoms with Gasteiger partial charge in [-0.15, -0.1) is 0 Å². The van der Waals surface area contributed by atoms with Crippen LogP contribution in [0.4, 0.5) is 12.9 Å². The summed E-state index contributed by atoms with van der Waals surface area (Å²) >= 11 is 0. The first-order chi connectivity index (χ1) is 6.40. The molecule has 0 aromatic carbocycles. The first kappa shape index (κ1) is 11.1. The van der Waals surface area contributed by atoms with Gasteiger partial charge in [-0.2, -0.15) is 0 Å². The molecular formula is C7H10BF3NO2-. The van der Waals surface area contributed by atoms with E-state index in [4.69, 9.17) is 0 Å². The molecule has 1 aliphatic heterocycles. The third kappa shape index (κ3) is 3.04. The molecule has 0 radical (unpaired) electrons. The first-order valence-electron chi connectivity index (χ1n) is 4.44. The van der Waals surface area contributed by atoms with Gasteiger partial charge in [0, 0.05) is 12.8 Å². The van der Waals surface area contributed by atoms with Gasteiger partial charge in [-0.1, -0.05) is 0 Å². The van der Waals surface area contributed by atoms with Crippen molar-refractivity contribution in [2.24, 2.45) is 0 Å². The molecule has 1 saturated heterocycles. The third-order valence-corrected chi connectivity index (χ3v) is 2.02. The van der Waals surface area contributed by atoms with Crippen molar-refractivity contribution in [2.75, 3.05) is 6.44 Å². The quantitative estimate of drug-likeness (QED) is 0.506. The predicted octanol–water partition coefficient (Wildman–Crippen LogP) is 1.30. The average molecular weight is 208 g/mol. The summed E-state index contributed by atoms with van der Waals surface area (Å²) in [4.78, 5) is 22.6. The number of likely N-dealkylation sites (tertiary alicyclic amines) is 1. The summed E-state index contributed by atoms with van der Waals surface area (Å²) in [6.07, 6.45) is -0.328. The number of carbonyl (C=O) groups excluding carboxylic acids is 2. The fourth-order valence-electron chi connectivity index (χ4n) is 1.37. The van der Waals surface area contributed by atoms with Crippen LogP contribution < -0.4 is 0 Å². The minimum absolute atomic E-state index is 0.0396. The van der Waals surface area contributed by atoms with Gasteiger partial charge in [0.15, 0.2) is 0 Å². The maximum atomic E-state index is 12.0. The highest BCUT2D eigenvalue weighted by atomic mass is 19.4. The smallest absolute Gasteiger partial charge is 0.448 e. The Hall–Kier alpha value is -1.01. The molecule has 0 aliphatic carbocycles. The van der Waals surface area contributed by atoms with Crippen molar-refractivity contribution in [2.45, 2.75) is 25.7 Å². The molecular weight excluding hydrogens is 198 g/mol. The lowest BCUT2D eigenvalue weighted by molar-refractivity contribution is -0.143. The zero-order valence-corrected chi connectivity index (χ0v) is 7.51. The Morgan fingerprint density at radius 3 is 1.86 bits per heavy atom. The number of carbonyl (C=O) groups is 2. The van der Waals surface area contributed by atoms with Crippen LogP contribution in [0.1, 0.15) is 25.7 Å². The molecule has 0 unspecified atom stereocenters. The highest BCUT2D eigenvalue weighted by Gasteiger charge is 2.33. The number of amides is 2. The van der Waals surface area contributed by atoms with Crippen LogP contribution in [-0.4, -0.2) is 30.1 Å². The Kier molecular flexibility index (Phi) is 3.18. The van der Waals surface area contributed by atoms with Crippen LogP contribution in [0.2, 0.25) is 0 Å². The van der Waals surface area contributed by atoms with E-state index in [0.717, 1.165) is 0 Å². The van der Waals surface area contributed by atoms with Gasteiger partial charge in [-0.3, -0.25) is 9.59 Å². The van der Waals surface area contributed by atoms with Crippen LogP contribution in [-0.2, 0) is 9.59 Å². The van der Waals surface area contributed by atoms with Gasteiger partial charge in [0.2, 0.25) is 11.8 Å². The highest BCUT2D eigenvalue weighted by Crippen LogP contribution is 2.17. The maximum Gasteiger partial charge on any atom is 0.497 e. The summed E-state index contributed by atoms with van der Waals surface area (Å²) in [5.74, 6) is -1.40. The first-order valence-corrected chi connectivity index (χ1v) is 4.44. The van der Waals surface area contributed by atoms with Crippen molar-refractivity contribution in [3.63, 3.8) is 0 Å². The van der Waals surface area contributed by atoms with Crippen LogP contribution >= 0.6 is 0 Å². The van der Waals surface area contributed by atoms with Crippen LogP contribution in [0.15, 0.2) is 0 Å². The fourth-order valence-corrected chi connectivity index (χ4v) is 1.37. The molecule has 7 heteroatoms. The Balaban J connectivity index is 2.71. The number of imide groups is 1. The molecule has 1 fully saturated rings. The largest absolute Gasteiger partial charge is 0.497 e. The van der Waals surface area contributed by atoms with Gasteiger partial charge in [-0.05, 0) is 19.3 Å². The average Bonchev–Trinajstić information content (AvgIpc) is 2.17. The fraction of sp³-hybridized carbons (Fsp3) is 0.714. The third-order valence-electron chi connectivity index (χ3n) is 2.02. The van der Waals surface area contributed by atoms with E-state index >= 15 is 0 Å². The van der Waals surface area contributed by atoms with Crippen LogP contribution in [0, 0.1) is 0 Å². The summed E-state index contributed by atoms with van der Waals surface area (Å²) in [6, 6.07) is 0. The molecule has 3 nitrogen and oxygen atoms in total. The number of hydrogen-bond donors (Lipinski definition) is 0. The second kappa shape index (κ2) is 4.02. The minimum atomic E-state index is -5.12. The molecule has 14 heavy (non-hydrogen) atoms. The van der Waals surface area contributed by atoms with E-state index in [2.05, 4.69) is 0 Å². The molecule has 0 spiro atoms. The van der Waals surface area contributed by atoms with Crippen LogP contribution in [0.3, 0.4) is 0 Å². The molecule has 0 atom stereocenters. The SMILES string of the molecule is O=C1CCCCC(=O)N1C[B-](F)(F)F. The maximum absolute atomic E-state index is 12.0. The summed E-state index contributed by atoms with van der Waals surface area (Å²) in [7, 11) is 0. The Bertz CT molecular complexity index is 236. The summed E-state index contributed by atoms with van der Waals surface area (Å²) < 4.78 is 36.1. The predicted molar refractivity (Wildman–Crippen MR) is 44.3 cm³/mol. The summed E-state index contributed by atoms with van der Waals surface area (Å²) in [6.45, 7) is -5.12. The molecule has 0 aromatic heterocycles. The van der Waals surface area contributed by atoms with Crippen LogP contribution in [0.25, 0.3) is 0 Å². The topological polar surface area (TPSA) is 37.4 Å². The monoisotopic (exact) mass is 208 g/mol. The van der Waals surface area contributed by atoms with E-state index < -0.39 is 25.2 Å². The van der Waals surface area contributed by atoms with Gasteiger partial charge in [0.05, 0.1) is 0 Å². The molecule has 0 saturated carbocycles. The zero-order chi connectivity index (χ0) is 10.8. The van der Waals surface area contributed by atoms with E-state index in [9.17, 15) is 22.5 Å². The second-order valence-corrected chi connectivity index (χ2v) is 3.32. The summed E-state index contributed by atoms with van der Waals surface area (Å²) in [5.41, 5.74) is 0. The van der Waals surface area contributed by atoms with E-state index in [1.54, 1.807) is 0 Å². The lowest BCUT2D eigenvalue weighted by Crippen LogP contribution is -2.44. The molecule has 0 bridgehead atoms. The lowest BCUT2D eigenvalue weighted by atomic mass is 9.91.